The topological polar surface area (TPSA) is 60.5 Å². The Balaban J connectivity index is 1.65. The predicted octanol–water partition coefficient (Wildman–Crippen LogP) is 1.49. The first kappa shape index (κ1) is 18.2. The third-order valence-corrected chi connectivity index (χ3v) is 5.28. The van der Waals surface area contributed by atoms with E-state index >= 15 is 0 Å². The van der Waals surface area contributed by atoms with Crippen LogP contribution in [-0.4, -0.2) is 73.2 Å². The summed E-state index contributed by atoms with van der Waals surface area (Å²) in [7, 11) is 2.15. The second-order valence-electron chi connectivity index (χ2n) is 6.57. The molecule has 0 spiro atoms. The molecule has 6 nitrogen and oxygen atoms in total. The normalized spacial score (nSPS) is 19.3. The molecule has 1 fully saturated rings. The van der Waals surface area contributed by atoms with Gasteiger partial charge in [-0.15, -0.1) is 11.3 Å². The van der Waals surface area contributed by atoms with E-state index in [2.05, 4.69) is 46.3 Å². The van der Waals surface area contributed by atoms with Crippen molar-refractivity contribution in [3.63, 3.8) is 0 Å². The van der Waals surface area contributed by atoms with Gasteiger partial charge in [0, 0.05) is 62.3 Å². The molecular weight excluding hydrogens is 310 g/mol. The lowest BCUT2D eigenvalue weighted by Gasteiger charge is -2.34. The number of nitrogens with one attached hydrogen (secondary N) is 2. The molecule has 2 rings (SSSR count). The number of carbonyl (C=O) groups is 1. The van der Waals surface area contributed by atoms with Crippen molar-refractivity contribution in [2.24, 2.45) is 0 Å². The summed E-state index contributed by atoms with van der Waals surface area (Å²) in [6.45, 7) is 12.1. The number of rotatable bonds is 6. The van der Waals surface area contributed by atoms with Crippen molar-refractivity contribution in [3.8, 4) is 0 Å². The molecule has 2 atom stereocenters. The first-order valence-corrected chi connectivity index (χ1v) is 9.13. The first-order chi connectivity index (χ1) is 10.9. The van der Waals surface area contributed by atoms with Crippen molar-refractivity contribution in [1.82, 2.24) is 25.4 Å². The van der Waals surface area contributed by atoms with E-state index in [1.165, 1.54) is 4.88 Å². The SMILES string of the molecule is Cc1cnc([C@H](C)CNC(=O)N[C@H](C)CN2CCN(C)CC2)s1. The van der Waals surface area contributed by atoms with Gasteiger partial charge >= 0.3 is 6.03 Å². The van der Waals surface area contributed by atoms with Gasteiger partial charge in [-0.2, -0.15) is 0 Å². The largest absolute Gasteiger partial charge is 0.337 e. The summed E-state index contributed by atoms with van der Waals surface area (Å²) in [5, 5.41) is 7.06. The van der Waals surface area contributed by atoms with E-state index in [1.807, 2.05) is 13.1 Å². The van der Waals surface area contributed by atoms with E-state index in [9.17, 15) is 4.79 Å². The Kier molecular flexibility index (Phi) is 6.80. The standard InChI is InChI=1S/C16H29N5OS/c1-12(15-17-10-14(3)23-15)9-18-16(22)19-13(2)11-21-7-5-20(4)6-8-21/h10,12-13H,5-9,11H2,1-4H3,(H2,18,19,22)/t12-,13-/m1/s1. The highest BCUT2D eigenvalue weighted by Gasteiger charge is 2.17. The number of carbonyl (C=O) groups excluding carboxylic acids is 1. The van der Waals surface area contributed by atoms with E-state index in [-0.39, 0.29) is 18.0 Å². The summed E-state index contributed by atoms with van der Waals surface area (Å²) in [4.78, 5) is 22.3. The zero-order valence-electron chi connectivity index (χ0n) is 14.6. The zero-order valence-corrected chi connectivity index (χ0v) is 15.4. The second-order valence-corrected chi connectivity index (χ2v) is 7.84. The average Bonchev–Trinajstić information content (AvgIpc) is 2.94. The fourth-order valence-electron chi connectivity index (χ4n) is 2.67. The van der Waals surface area contributed by atoms with Gasteiger partial charge in [0.25, 0.3) is 0 Å². The van der Waals surface area contributed by atoms with Crippen molar-refractivity contribution in [3.05, 3.63) is 16.1 Å². The summed E-state index contributed by atoms with van der Waals surface area (Å²) in [6.07, 6.45) is 1.88. The molecule has 0 bridgehead atoms. The molecule has 0 aromatic carbocycles. The van der Waals surface area contributed by atoms with Gasteiger partial charge < -0.3 is 15.5 Å². The van der Waals surface area contributed by atoms with Crippen LogP contribution >= 0.6 is 11.3 Å². The van der Waals surface area contributed by atoms with Crippen LogP contribution < -0.4 is 10.6 Å². The van der Waals surface area contributed by atoms with Crippen molar-refractivity contribution in [1.29, 1.82) is 0 Å². The van der Waals surface area contributed by atoms with Crippen LogP contribution in [0.25, 0.3) is 0 Å². The number of aromatic nitrogens is 1. The minimum atomic E-state index is -0.0910. The maximum atomic E-state index is 12.0. The highest BCUT2D eigenvalue weighted by Crippen LogP contribution is 2.20. The van der Waals surface area contributed by atoms with Crippen LogP contribution in [0, 0.1) is 6.92 Å². The number of urea groups is 1. The van der Waals surface area contributed by atoms with Crippen LogP contribution in [0.15, 0.2) is 6.20 Å². The third-order valence-electron chi connectivity index (χ3n) is 4.13. The summed E-state index contributed by atoms with van der Waals surface area (Å²) < 4.78 is 0. The highest BCUT2D eigenvalue weighted by molar-refractivity contribution is 7.11. The molecule has 1 aliphatic heterocycles. The van der Waals surface area contributed by atoms with Crippen LogP contribution in [0.5, 0.6) is 0 Å². The second kappa shape index (κ2) is 8.61. The average molecular weight is 340 g/mol. The highest BCUT2D eigenvalue weighted by atomic mass is 32.1. The van der Waals surface area contributed by atoms with Gasteiger partial charge in [-0.3, -0.25) is 4.90 Å². The van der Waals surface area contributed by atoms with Crippen LogP contribution in [0.2, 0.25) is 0 Å². The molecule has 2 amide bonds. The predicted molar refractivity (Wildman–Crippen MR) is 95.2 cm³/mol. The maximum Gasteiger partial charge on any atom is 0.315 e. The van der Waals surface area contributed by atoms with Crippen molar-refractivity contribution < 1.29 is 4.79 Å². The molecule has 0 unspecified atom stereocenters. The summed E-state index contributed by atoms with van der Waals surface area (Å²) in [6, 6.07) is 0.0579. The van der Waals surface area contributed by atoms with Gasteiger partial charge in [-0.25, -0.2) is 9.78 Å². The van der Waals surface area contributed by atoms with Crippen molar-refractivity contribution >= 4 is 17.4 Å². The number of hydrogen-bond donors (Lipinski definition) is 2. The number of nitrogens with zero attached hydrogens (tertiary/aromatic N) is 3. The van der Waals surface area contributed by atoms with Gasteiger partial charge in [0.05, 0.1) is 5.01 Å². The van der Waals surface area contributed by atoms with Gasteiger partial charge in [-0.1, -0.05) is 6.92 Å². The molecule has 0 aliphatic carbocycles. The van der Waals surface area contributed by atoms with Crippen LogP contribution in [0.1, 0.15) is 29.7 Å². The molecule has 0 saturated carbocycles. The monoisotopic (exact) mass is 339 g/mol. The smallest absolute Gasteiger partial charge is 0.315 e. The Bertz CT molecular complexity index is 498. The number of likely N-dealkylation sites (N-methyl/N-ethyl adjacent to an activating group) is 1. The summed E-state index contributed by atoms with van der Waals surface area (Å²) in [5.74, 6) is 0.243. The number of hydrogen-bond acceptors (Lipinski definition) is 5. The Hall–Kier alpha value is -1.18. The van der Waals surface area contributed by atoms with E-state index in [4.69, 9.17) is 0 Å². The first-order valence-electron chi connectivity index (χ1n) is 8.31. The van der Waals surface area contributed by atoms with Gasteiger partial charge in [0.2, 0.25) is 0 Å². The number of aryl methyl sites for hydroxylation is 1. The fraction of sp³-hybridized carbons (Fsp3) is 0.750. The lowest BCUT2D eigenvalue weighted by Crippen LogP contribution is -2.51. The van der Waals surface area contributed by atoms with Crippen LogP contribution in [-0.2, 0) is 0 Å². The minimum Gasteiger partial charge on any atom is -0.337 e. The van der Waals surface area contributed by atoms with Gasteiger partial charge in [0.15, 0.2) is 0 Å². The van der Waals surface area contributed by atoms with Crippen molar-refractivity contribution in [2.45, 2.75) is 32.7 Å². The lowest BCUT2D eigenvalue weighted by molar-refractivity contribution is 0.144. The number of amides is 2. The molecule has 1 aliphatic rings. The number of thiazole rings is 1. The van der Waals surface area contributed by atoms with E-state index in [0.717, 1.165) is 37.7 Å². The fourth-order valence-corrected chi connectivity index (χ4v) is 3.50. The summed E-state index contributed by atoms with van der Waals surface area (Å²) in [5.41, 5.74) is 0. The molecule has 1 aromatic rings. The lowest BCUT2D eigenvalue weighted by atomic mass is 10.2. The Labute approximate surface area is 143 Å². The molecular formula is C16H29N5OS. The molecule has 130 valence electrons. The molecule has 0 radical (unpaired) electrons. The molecule has 1 aromatic heterocycles. The van der Waals surface area contributed by atoms with E-state index in [1.54, 1.807) is 11.3 Å². The van der Waals surface area contributed by atoms with Gasteiger partial charge in [-0.05, 0) is 20.9 Å². The van der Waals surface area contributed by atoms with Crippen LogP contribution in [0.4, 0.5) is 4.79 Å². The molecule has 2 N–H and O–H groups in total. The minimum absolute atomic E-state index is 0.0910. The quantitative estimate of drug-likeness (QED) is 0.824. The van der Waals surface area contributed by atoms with Crippen molar-refractivity contribution in [2.75, 3.05) is 46.3 Å². The number of piperazine rings is 1. The molecule has 1 saturated heterocycles. The van der Waals surface area contributed by atoms with Gasteiger partial charge in [0.1, 0.15) is 0 Å². The Morgan fingerprint density at radius 1 is 1.35 bits per heavy atom. The van der Waals surface area contributed by atoms with E-state index in [0.29, 0.717) is 6.54 Å². The zero-order chi connectivity index (χ0) is 16.8. The molecule has 23 heavy (non-hydrogen) atoms. The maximum absolute atomic E-state index is 12.0. The molecule has 2 heterocycles. The third kappa shape index (κ3) is 6.08. The Morgan fingerprint density at radius 3 is 2.65 bits per heavy atom. The van der Waals surface area contributed by atoms with Crippen LogP contribution in [0.3, 0.4) is 0 Å². The Morgan fingerprint density at radius 2 is 2.04 bits per heavy atom. The summed E-state index contributed by atoms with van der Waals surface area (Å²) >= 11 is 1.69. The van der Waals surface area contributed by atoms with E-state index < -0.39 is 0 Å². The molecule has 7 heteroatoms.